The first-order valence-electron chi connectivity index (χ1n) is 8.91. The maximum atomic E-state index is 12.4. The molecule has 5 nitrogen and oxygen atoms in total. The molecular formula is C19H28N2O3. The molecule has 0 bridgehead atoms. The van der Waals surface area contributed by atoms with E-state index in [0.717, 1.165) is 19.3 Å². The molecule has 0 radical (unpaired) electrons. The van der Waals surface area contributed by atoms with E-state index in [1.807, 2.05) is 4.90 Å². The average molecular weight is 332 g/mol. The van der Waals surface area contributed by atoms with Crippen LogP contribution in [0.3, 0.4) is 0 Å². The van der Waals surface area contributed by atoms with E-state index in [2.05, 4.69) is 31.2 Å². The summed E-state index contributed by atoms with van der Waals surface area (Å²) in [5, 5.41) is 0. The smallest absolute Gasteiger partial charge is 0.409 e. The van der Waals surface area contributed by atoms with Gasteiger partial charge in [0.15, 0.2) is 0 Å². The molecule has 0 saturated carbocycles. The van der Waals surface area contributed by atoms with Crippen LogP contribution in [0.2, 0.25) is 0 Å². The second-order valence-corrected chi connectivity index (χ2v) is 6.09. The van der Waals surface area contributed by atoms with Crippen molar-refractivity contribution in [3.8, 4) is 0 Å². The van der Waals surface area contributed by atoms with Crippen molar-refractivity contribution in [1.29, 1.82) is 0 Å². The Morgan fingerprint density at radius 1 is 0.958 bits per heavy atom. The zero-order valence-corrected chi connectivity index (χ0v) is 14.8. The lowest BCUT2D eigenvalue weighted by atomic mass is 10.1. The van der Waals surface area contributed by atoms with Gasteiger partial charge < -0.3 is 14.5 Å². The molecule has 132 valence electrons. The highest BCUT2D eigenvalue weighted by molar-refractivity contribution is 5.76. The normalized spacial score (nSPS) is 15.1. The molecule has 1 saturated heterocycles. The largest absolute Gasteiger partial charge is 0.450 e. The summed E-state index contributed by atoms with van der Waals surface area (Å²) >= 11 is 0. The highest BCUT2D eigenvalue weighted by atomic mass is 16.6. The monoisotopic (exact) mass is 332 g/mol. The molecule has 2 amide bonds. The van der Waals surface area contributed by atoms with Gasteiger partial charge in [-0.1, -0.05) is 31.2 Å². The quantitative estimate of drug-likeness (QED) is 0.833. The minimum Gasteiger partial charge on any atom is -0.450 e. The average Bonchev–Trinajstić information content (AvgIpc) is 2.86. The predicted molar refractivity (Wildman–Crippen MR) is 93.9 cm³/mol. The molecule has 24 heavy (non-hydrogen) atoms. The summed E-state index contributed by atoms with van der Waals surface area (Å²) in [6.45, 7) is 6.83. The number of rotatable bonds is 5. The van der Waals surface area contributed by atoms with Crippen LogP contribution < -0.4 is 0 Å². The second kappa shape index (κ2) is 9.30. The Hall–Kier alpha value is -2.04. The number of ether oxygens (including phenoxy) is 1. The Kier molecular flexibility index (Phi) is 7.09. The van der Waals surface area contributed by atoms with Crippen molar-refractivity contribution < 1.29 is 14.3 Å². The molecule has 1 aliphatic heterocycles. The number of aryl methyl sites for hydroxylation is 2. The number of nitrogens with zero attached hydrogens (tertiary/aromatic N) is 2. The maximum Gasteiger partial charge on any atom is 0.409 e. The van der Waals surface area contributed by atoms with Gasteiger partial charge in [0, 0.05) is 32.6 Å². The van der Waals surface area contributed by atoms with Crippen LogP contribution in [0.1, 0.15) is 37.8 Å². The van der Waals surface area contributed by atoms with Crippen molar-refractivity contribution in [3.63, 3.8) is 0 Å². The topological polar surface area (TPSA) is 49.9 Å². The molecule has 1 heterocycles. The minimum absolute atomic E-state index is 0.167. The molecule has 1 fully saturated rings. The number of carbonyl (C=O) groups excluding carboxylic acids is 2. The van der Waals surface area contributed by atoms with Crippen LogP contribution >= 0.6 is 0 Å². The number of carbonyl (C=O) groups is 2. The fraction of sp³-hybridized carbons (Fsp3) is 0.579. The lowest BCUT2D eigenvalue weighted by molar-refractivity contribution is -0.131. The molecular weight excluding hydrogens is 304 g/mol. The van der Waals surface area contributed by atoms with Crippen LogP contribution in [0.5, 0.6) is 0 Å². The number of hydrogen-bond acceptors (Lipinski definition) is 3. The van der Waals surface area contributed by atoms with Crippen molar-refractivity contribution in [3.05, 3.63) is 35.4 Å². The Labute approximate surface area is 144 Å². The number of benzene rings is 1. The molecule has 0 unspecified atom stereocenters. The van der Waals surface area contributed by atoms with E-state index in [1.54, 1.807) is 11.8 Å². The summed E-state index contributed by atoms with van der Waals surface area (Å²) in [5.41, 5.74) is 2.51. The molecule has 0 N–H and O–H groups in total. The zero-order valence-electron chi connectivity index (χ0n) is 14.8. The van der Waals surface area contributed by atoms with Gasteiger partial charge in [-0.25, -0.2) is 4.79 Å². The third-order valence-corrected chi connectivity index (χ3v) is 4.43. The van der Waals surface area contributed by atoms with Crippen molar-refractivity contribution in [2.24, 2.45) is 0 Å². The van der Waals surface area contributed by atoms with E-state index in [9.17, 15) is 9.59 Å². The van der Waals surface area contributed by atoms with Gasteiger partial charge in [-0.05, 0) is 37.3 Å². The van der Waals surface area contributed by atoms with Gasteiger partial charge in [0.25, 0.3) is 0 Å². The first-order valence-corrected chi connectivity index (χ1v) is 8.91. The number of amides is 2. The van der Waals surface area contributed by atoms with Crippen LogP contribution in [0, 0.1) is 0 Å². The lowest BCUT2D eigenvalue weighted by Gasteiger charge is -2.21. The van der Waals surface area contributed by atoms with Crippen LogP contribution in [0.25, 0.3) is 0 Å². The third-order valence-electron chi connectivity index (χ3n) is 4.43. The van der Waals surface area contributed by atoms with E-state index in [1.165, 1.54) is 11.1 Å². The van der Waals surface area contributed by atoms with E-state index in [4.69, 9.17) is 4.74 Å². The van der Waals surface area contributed by atoms with E-state index >= 15 is 0 Å². The van der Waals surface area contributed by atoms with E-state index < -0.39 is 0 Å². The molecule has 0 aromatic heterocycles. The lowest BCUT2D eigenvalue weighted by Crippen LogP contribution is -2.37. The molecule has 0 spiro atoms. The third kappa shape index (κ3) is 5.25. The Bertz CT molecular complexity index is 542. The van der Waals surface area contributed by atoms with Gasteiger partial charge in [-0.15, -0.1) is 0 Å². The van der Waals surface area contributed by atoms with E-state index in [-0.39, 0.29) is 12.0 Å². The highest BCUT2D eigenvalue weighted by Gasteiger charge is 2.22. The van der Waals surface area contributed by atoms with Gasteiger partial charge in [0.2, 0.25) is 5.91 Å². The summed E-state index contributed by atoms with van der Waals surface area (Å²) in [4.78, 5) is 27.8. The standard InChI is InChI=1S/C19H28N2O3/c1-3-16-6-8-17(9-7-16)10-11-18(22)20-12-5-13-21(15-14-20)19(23)24-4-2/h6-9H,3-5,10-15H2,1-2H3. The van der Waals surface area contributed by atoms with Gasteiger partial charge in [-0.2, -0.15) is 0 Å². The summed E-state index contributed by atoms with van der Waals surface area (Å²) in [6.07, 6.45) is 2.84. The fourth-order valence-corrected chi connectivity index (χ4v) is 2.92. The summed E-state index contributed by atoms with van der Waals surface area (Å²) in [7, 11) is 0. The molecule has 0 atom stereocenters. The summed E-state index contributed by atoms with van der Waals surface area (Å²) in [5.74, 6) is 0.167. The van der Waals surface area contributed by atoms with Crippen molar-refractivity contribution in [2.75, 3.05) is 32.8 Å². The van der Waals surface area contributed by atoms with Gasteiger partial charge >= 0.3 is 6.09 Å². The van der Waals surface area contributed by atoms with Crippen LogP contribution in [0.4, 0.5) is 4.79 Å². The number of hydrogen-bond donors (Lipinski definition) is 0. The van der Waals surface area contributed by atoms with Crippen molar-refractivity contribution in [1.82, 2.24) is 9.80 Å². The van der Waals surface area contributed by atoms with Gasteiger partial charge in [-0.3, -0.25) is 4.79 Å². The first kappa shape index (κ1) is 18.3. The van der Waals surface area contributed by atoms with Gasteiger partial charge in [0.1, 0.15) is 0 Å². The summed E-state index contributed by atoms with van der Waals surface area (Å²) in [6, 6.07) is 8.47. The first-order chi connectivity index (χ1) is 11.6. The maximum absolute atomic E-state index is 12.4. The van der Waals surface area contributed by atoms with Crippen molar-refractivity contribution >= 4 is 12.0 Å². The van der Waals surface area contributed by atoms with Crippen LogP contribution in [-0.2, 0) is 22.4 Å². The summed E-state index contributed by atoms with van der Waals surface area (Å²) < 4.78 is 5.04. The second-order valence-electron chi connectivity index (χ2n) is 6.09. The van der Waals surface area contributed by atoms with Crippen LogP contribution in [0.15, 0.2) is 24.3 Å². The van der Waals surface area contributed by atoms with Gasteiger partial charge in [0.05, 0.1) is 6.61 Å². The predicted octanol–water partition coefficient (Wildman–Crippen LogP) is 2.87. The zero-order chi connectivity index (χ0) is 17.4. The van der Waals surface area contributed by atoms with Crippen molar-refractivity contribution in [2.45, 2.75) is 39.5 Å². The Morgan fingerprint density at radius 3 is 2.25 bits per heavy atom. The highest BCUT2D eigenvalue weighted by Crippen LogP contribution is 2.11. The molecule has 2 rings (SSSR count). The molecule has 5 heteroatoms. The minimum atomic E-state index is -0.275. The Balaban J connectivity index is 1.80. The van der Waals surface area contributed by atoms with Crippen LogP contribution in [-0.4, -0.2) is 54.6 Å². The SMILES string of the molecule is CCOC(=O)N1CCCN(C(=O)CCc2ccc(CC)cc2)CC1. The fourth-order valence-electron chi connectivity index (χ4n) is 2.92. The molecule has 1 aliphatic rings. The molecule has 1 aromatic rings. The Morgan fingerprint density at radius 2 is 1.58 bits per heavy atom. The molecule has 1 aromatic carbocycles. The molecule has 0 aliphatic carbocycles. The van der Waals surface area contributed by atoms with E-state index in [0.29, 0.717) is 39.2 Å².